The van der Waals surface area contributed by atoms with Crippen LogP contribution in [0.4, 0.5) is 13.2 Å². The minimum Gasteiger partial charge on any atom is -0.488 e. The molecule has 37 heavy (non-hydrogen) atoms. The Kier molecular flexibility index (Phi) is 8.06. The van der Waals surface area contributed by atoms with Crippen molar-refractivity contribution in [3.63, 3.8) is 0 Å². The highest BCUT2D eigenvalue weighted by Gasteiger charge is 2.36. The van der Waals surface area contributed by atoms with Crippen LogP contribution in [0.3, 0.4) is 0 Å². The molecule has 1 atom stereocenters. The minimum absolute atomic E-state index is 0.00989. The Balaban J connectivity index is 1.70. The molecule has 11 heteroatoms. The largest absolute Gasteiger partial charge is 0.488 e. The molecule has 0 fully saturated rings. The summed E-state index contributed by atoms with van der Waals surface area (Å²) in [6, 6.07) is 11.5. The maximum absolute atomic E-state index is 13.5. The minimum atomic E-state index is -4.60. The summed E-state index contributed by atoms with van der Waals surface area (Å²) >= 11 is 0. The Morgan fingerprint density at radius 3 is 2.65 bits per heavy atom. The molecule has 0 saturated carbocycles. The second-order valence-corrected chi connectivity index (χ2v) is 8.46. The third kappa shape index (κ3) is 5.74. The van der Waals surface area contributed by atoms with E-state index in [0.29, 0.717) is 16.8 Å². The van der Waals surface area contributed by atoms with Crippen LogP contribution in [0.15, 0.2) is 65.0 Å². The smallest absolute Gasteiger partial charge is 0.433 e. The number of methoxy groups -OCH3 is 1. The topological polar surface area (TPSA) is 110 Å². The van der Waals surface area contributed by atoms with Gasteiger partial charge in [0, 0.05) is 31.3 Å². The third-order valence-electron chi connectivity index (χ3n) is 6.10. The molecule has 2 aromatic rings. The number of nitrogens with two attached hydrogens (primary N) is 1. The number of carbonyl (C=O) groups excluding carboxylic acids is 1. The number of ether oxygens (including phenoxy) is 2. The summed E-state index contributed by atoms with van der Waals surface area (Å²) in [6.45, 7) is -0.0614. The number of amides is 1. The molecule has 4 rings (SSSR count). The van der Waals surface area contributed by atoms with E-state index in [2.05, 4.69) is 9.98 Å². The lowest BCUT2D eigenvalue weighted by Crippen LogP contribution is -2.36. The quantitative estimate of drug-likeness (QED) is 0.558. The highest BCUT2D eigenvalue weighted by molar-refractivity contribution is 6.26. The second kappa shape index (κ2) is 11.2. The Morgan fingerprint density at radius 1 is 1.24 bits per heavy atom. The van der Waals surface area contributed by atoms with Crippen LogP contribution in [-0.4, -0.2) is 60.0 Å². The molecule has 2 heterocycles. The summed E-state index contributed by atoms with van der Waals surface area (Å²) in [5.41, 5.74) is 7.12. The lowest BCUT2D eigenvalue weighted by molar-refractivity contribution is -0.141. The first-order chi connectivity index (χ1) is 17.8. The number of rotatable bonds is 8. The van der Waals surface area contributed by atoms with E-state index in [9.17, 15) is 23.1 Å². The number of aliphatic hydroxyl groups is 1. The Labute approximate surface area is 211 Å². The van der Waals surface area contributed by atoms with E-state index < -0.39 is 23.9 Å². The summed E-state index contributed by atoms with van der Waals surface area (Å²) in [5.74, 6) is -0.283. The first kappa shape index (κ1) is 26.5. The van der Waals surface area contributed by atoms with Crippen LogP contribution in [0, 0.1) is 0 Å². The molecule has 1 aliphatic heterocycles. The van der Waals surface area contributed by atoms with Gasteiger partial charge >= 0.3 is 6.18 Å². The Bertz CT molecular complexity index is 1240. The third-order valence-corrected chi connectivity index (χ3v) is 6.10. The van der Waals surface area contributed by atoms with Gasteiger partial charge in [0.15, 0.2) is 5.70 Å². The summed E-state index contributed by atoms with van der Waals surface area (Å²) in [7, 11) is 1.41. The zero-order chi connectivity index (χ0) is 26.6. The Hall–Kier alpha value is -3.54. The molecule has 1 amide bonds. The number of aromatic nitrogens is 1. The molecule has 2 aliphatic rings. The maximum Gasteiger partial charge on any atom is 0.433 e. The van der Waals surface area contributed by atoms with Crippen molar-refractivity contribution >= 4 is 17.2 Å². The fourth-order valence-corrected chi connectivity index (χ4v) is 4.27. The van der Waals surface area contributed by atoms with Crippen molar-refractivity contribution in [3.8, 4) is 0 Å². The van der Waals surface area contributed by atoms with Crippen LogP contribution in [0.25, 0.3) is 5.57 Å². The van der Waals surface area contributed by atoms with Gasteiger partial charge in [0.05, 0.1) is 24.6 Å². The summed E-state index contributed by atoms with van der Waals surface area (Å²) < 4.78 is 51.1. The van der Waals surface area contributed by atoms with Crippen LogP contribution < -0.4 is 5.73 Å². The number of hydrogen-bond donors (Lipinski definition) is 2. The van der Waals surface area contributed by atoms with Crippen molar-refractivity contribution in [2.75, 3.05) is 33.4 Å². The van der Waals surface area contributed by atoms with Gasteiger partial charge in [-0.1, -0.05) is 42.5 Å². The number of alkyl halides is 3. The fourth-order valence-electron chi connectivity index (χ4n) is 4.27. The number of aliphatic imine (C=N–C) groups is 1. The highest BCUT2D eigenvalue weighted by Crippen LogP contribution is 2.38. The van der Waals surface area contributed by atoms with Crippen molar-refractivity contribution < 1.29 is 32.5 Å². The van der Waals surface area contributed by atoms with Crippen LogP contribution >= 0.6 is 0 Å². The number of halogens is 3. The van der Waals surface area contributed by atoms with Gasteiger partial charge in [-0.05, 0) is 18.1 Å². The Morgan fingerprint density at radius 2 is 2.00 bits per heavy atom. The summed E-state index contributed by atoms with van der Waals surface area (Å²) in [4.78, 5) is 23.4. The number of aliphatic hydroxyl groups excluding tert-OH is 1. The van der Waals surface area contributed by atoms with Gasteiger partial charge in [-0.25, -0.2) is 9.98 Å². The molecule has 0 spiro atoms. The highest BCUT2D eigenvalue weighted by atomic mass is 19.4. The zero-order valence-corrected chi connectivity index (χ0v) is 20.2. The van der Waals surface area contributed by atoms with Gasteiger partial charge < -0.3 is 25.2 Å². The molecule has 1 aromatic heterocycles. The second-order valence-electron chi connectivity index (χ2n) is 8.46. The average molecular weight is 517 g/mol. The van der Waals surface area contributed by atoms with Crippen molar-refractivity contribution in [1.82, 2.24) is 9.88 Å². The van der Waals surface area contributed by atoms with E-state index in [4.69, 9.17) is 15.2 Å². The SMILES string of the molecule is COC1CC=C(C2=NC(C(=O)N(CCO)Cc3ccccc3)=C(CN)OC2)c2ccc(C(F)(F)F)nc21. The van der Waals surface area contributed by atoms with Crippen molar-refractivity contribution in [3.05, 3.63) is 82.5 Å². The number of fused-ring (bicyclic) bond motifs is 1. The molecule has 0 radical (unpaired) electrons. The van der Waals surface area contributed by atoms with Crippen LogP contribution in [0.2, 0.25) is 0 Å². The van der Waals surface area contributed by atoms with E-state index in [1.54, 1.807) is 6.08 Å². The van der Waals surface area contributed by atoms with Crippen LogP contribution in [0.1, 0.15) is 35.0 Å². The molecule has 1 unspecified atom stereocenters. The van der Waals surface area contributed by atoms with Crippen molar-refractivity contribution in [2.24, 2.45) is 10.7 Å². The summed E-state index contributed by atoms with van der Waals surface area (Å²) in [5, 5.41) is 9.57. The predicted octanol–water partition coefficient (Wildman–Crippen LogP) is 3.24. The molecular formula is C26H27F3N4O4. The van der Waals surface area contributed by atoms with E-state index >= 15 is 0 Å². The first-order valence-corrected chi connectivity index (χ1v) is 11.7. The van der Waals surface area contributed by atoms with E-state index in [1.807, 2.05) is 30.3 Å². The fraction of sp³-hybridized carbons (Fsp3) is 0.346. The van der Waals surface area contributed by atoms with Crippen molar-refractivity contribution in [2.45, 2.75) is 25.2 Å². The average Bonchev–Trinajstić information content (AvgIpc) is 2.91. The molecule has 8 nitrogen and oxygen atoms in total. The molecule has 1 aliphatic carbocycles. The van der Waals surface area contributed by atoms with Gasteiger partial charge in [-0.3, -0.25) is 4.79 Å². The summed E-state index contributed by atoms with van der Waals surface area (Å²) in [6.07, 6.45) is -3.20. The lowest BCUT2D eigenvalue weighted by Gasteiger charge is -2.28. The number of hydrogen-bond acceptors (Lipinski definition) is 7. The molecule has 0 bridgehead atoms. The molecular weight excluding hydrogens is 489 g/mol. The van der Waals surface area contributed by atoms with E-state index in [0.717, 1.165) is 11.6 Å². The maximum atomic E-state index is 13.5. The predicted molar refractivity (Wildman–Crippen MR) is 130 cm³/mol. The molecule has 0 saturated heterocycles. The number of benzene rings is 1. The lowest BCUT2D eigenvalue weighted by atomic mass is 9.89. The van der Waals surface area contributed by atoms with Gasteiger partial charge in [0.25, 0.3) is 5.91 Å². The molecule has 3 N–H and O–H groups in total. The molecule has 1 aromatic carbocycles. The monoisotopic (exact) mass is 516 g/mol. The van der Waals surface area contributed by atoms with Gasteiger partial charge in [0.1, 0.15) is 24.2 Å². The van der Waals surface area contributed by atoms with Crippen LogP contribution in [0.5, 0.6) is 0 Å². The first-order valence-electron chi connectivity index (χ1n) is 11.7. The standard InChI is InChI=1S/C26H27F3N4O4/c1-36-20-9-7-17(18-8-10-22(26(27,28)29)32-23(18)20)19-15-37-21(13-30)24(31-19)25(35)33(11-12-34)14-16-5-3-2-4-6-16/h2-8,10,20,34H,9,11-15,30H2,1H3. The normalized spacial score (nSPS) is 17.5. The van der Waals surface area contributed by atoms with Gasteiger partial charge in [-0.2, -0.15) is 13.2 Å². The van der Waals surface area contributed by atoms with Crippen molar-refractivity contribution in [1.29, 1.82) is 0 Å². The number of carbonyl (C=O) groups is 1. The van der Waals surface area contributed by atoms with Crippen LogP contribution in [-0.2, 0) is 27.0 Å². The zero-order valence-electron chi connectivity index (χ0n) is 20.2. The van der Waals surface area contributed by atoms with Gasteiger partial charge in [-0.15, -0.1) is 0 Å². The molecule has 196 valence electrons. The van der Waals surface area contributed by atoms with E-state index in [-0.39, 0.29) is 56.4 Å². The number of nitrogens with zero attached hydrogens (tertiary/aromatic N) is 3. The van der Waals surface area contributed by atoms with Gasteiger partial charge in [0.2, 0.25) is 0 Å². The number of pyridine rings is 1. The van der Waals surface area contributed by atoms with E-state index in [1.165, 1.54) is 18.1 Å².